The summed E-state index contributed by atoms with van der Waals surface area (Å²) in [7, 11) is 0. The zero-order valence-corrected chi connectivity index (χ0v) is 38.7. The topological polar surface area (TPSA) is 52.6 Å². The minimum atomic E-state index is -0.401. The lowest BCUT2D eigenvalue weighted by Crippen LogP contribution is -2.28. The van der Waals surface area contributed by atoms with E-state index in [0.717, 1.165) is 87.0 Å². The molecule has 2 heterocycles. The van der Waals surface area contributed by atoms with Crippen molar-refractivity contribution >= 4 is 55.6 Å². The Labute approximate surface area is 366 Å². The number of ketones is 2. The predicted molar refractivity (Wildman–Crippen MR) is 255 cm³/mol. The first-order valence-corrected chi connectivity index (χ1v) is 22.3. The minimum Gasteiger partial charge on any atom is -0.485 e. The van der Waals surface area contributed by atoms with Crippen molar-refractivity contribution in [2.24, 2.45) is 21.7 Å². The largest absolute Gasteiger partial charge is 0.485 e. The van der Waals surface area contributed by atoms with E-state index in [2.05, 4.69) is 192 Å². The zero-order chi connectivity index (χ0) is 43.8. The van der Waals surface area contributed by atoms with E-state index in [0.29, 0.717) is 24.7 Å². The SMILES string of the molecule is CC(C)(C)C1=CC(=C(c2ccc3ccccc3c2)c2sc(C(=C3C=C(C(C)(C)C)C(=O)C(C(C)(C)C)=C3)c3ccc4ccccc4c3)c3c2OCCO3)C=C(C(C)(C)C)C1=O. The maximum Gasteiger partial charge on any atom is 0.186 e. The summed E-state index contributed by atoms with van der Waals surface area (Å²) in [6, 6.07) is 30.1. The van der Waals surface area contributed by atoms with Gasteiger partial charge in [-0.25, -0.2) is 0 Å². The van der Waals surface area contributed by atoms with Gasteiger partial charge >= 0.3 is 0 Å². The van der Waals surface area contributed by atoms with Crippen LogP contribution in [-0.4, -0.2) is 24.8 Å². The molecule has 5 aromatic rings. The molecule has 0 bridgehead atoms. The molecule has 3 aliphatic rings. The highest BCUT2D eigenvalue weighted by molar-refractivity contribution is 7.15. The molecule has 1 aliphatic heterocycles. The van der Waals surface area contributed by atoms with Crippen molar-refractivity contribution in [3.63, 3.8) is 0 Å². The third-order valence-electron chi connectivity index (χ3n) is 11.9. The van der Waals surface area contributed by atoms with E-state index in [-0.39, 0.29) is 11.6 Å². The first-order chi connectivity index (χ1) is 28.6. The van der Waals surface area contributed by atoms with Crippen LogP contribution in [0.4, 0.5) is 0 Å². The molecule has 4 nitrogen and oxygen atoms in total. The predicted octanol–water partition coefficient (Wildman–Crippen LogP) is 14.5. The van der Waals surface area contributed by atoms with Crippen molar-refractivity contribution in [2.75, 3.05) is 13.2 Å². The molecule has 5 heteroatoms. The van der Waals surface area contributed by atoms with E-state index < -0.39 is 21.7 Å². The molecule has 0 N–H and O–H groups in total. The van der Waals surface area contributed by atoms with Gasteiger partial charge in [0.2, 0.25) is 0 Å². The quantitative estimate of drug-likeness (QED) is 0.181. The molecule has 0 amide bonds. The molecular formula is C56H58O4S. The number of fused-ring (bicyclic) bond motifs is 3. The van der Waals surface area contributed by atoms with Crippen LogP contribution in [0.1, 0.15) is 104 Å². The second-order valence-electron chi connectivity index (χ2n) is 20.8. The third kappa shape index (κ3) is 7.94. The summed E-state index contributed by atoms with van der Waals surface area (Å²) in [4.78, 5) is 30.6. The highest BCUT2D eigenvalue weighted by Gasteiger charge is 2.39. The van der Waals surface area contributed by atoms with Crippen molar-refractivity contribution in [1.29, 1.82) is 0 Å². The van der Waals surface area contributed by atoms with Crippen LogP contribution in [0.15, 0.2) is 143 Å². The number of allylic oxidation sites excluding steroid dienone is 10. The summed E-state index contributed by atoms with van der Waals surface area (Å²) in [5.74, 6) is 1.57. The Balaban J connectivity index is 1.53. The fourth-order valence-electron chi connectivity index (χ4n) is 8.60. The van der Waals surface area contributed by atoms with Crippen molar-refractivity contribution < 1.29 is 19.1 Å². The molecule has 0 saturated heterocycles. The number of hydrogen-bond donors (Lipinski definition) is 0. The first-order valence-electron chi connectivity index (χ1n) is 21.5. The average Bonchev–Trinajstić information content (AvgIpc) is 3.55. The maximum absolute atomic E-state index is 14.4. The Bertz CT molecular complexity index is 2590. The van der Waals surface area contributed by atoms with Gasteiger partial charge in [-0.15, -0.1) is 11.3 Å². The molecule has 1 aromatic heterocycles. The molecule has 0 saturated carbocycles. The fraction of sp³-hybridized carbons (Fsp3) is 0.321. The minimum absolute atomic E-state index is 0.0909. The standard InChI is InChI=1S/C56H58O4S/c1-53(2,3)41-29-39(30-42(47(41)57)54(4,5)6)45(37-23-21-33-17-13-15-19-35(33)27-37)51-49-50(60-26-25-59-49)52(61-51)46(38-24-22-34-18-14-16-20-36(34)28-38)40-31-43(55(7,8)9)48(58)44(32-40)56(10,11)12/h13-24,27-32H,25-26H2,1-12H3. The highest BCUT2D eigenvalue weighted by Crippen LogP contribution is 2.55. The van der Waals surface area contributed by atoms with Gasteiger partial charge < -0.3 is 9.47 Å². The van der Waals surface area contributed by atoms with Crippen LogP contribution in [0.25, 0.3) is 32.7 Å². The van der Waals surface area contributed by atoms with Gasteiger partial charge in [0, 0.05) is 33.4 Å². The normalized spacial score (nSPS) is 16.4. The van der Waals surface area contributed by atoms with Gasteiger partial charge in [-0.1, -0.05) is 156 Å². The molecule has 4 aromatic carbocycles. The smallest absolute Gasteiger partial charge is 0.186 e. The molecule has 0 atom stereocenters. The van der Waals surface area contributed by atoms with Gasteiger partial charge in [0.1, 0.15) is 13.2 Å². The molecule has 0 unspecified atom stereocenters. The molecule has 0 spiro atoms. The van der Waals surface area contributed by atoms with E-state index >= 15 is 0 Å². The van der Waals surface area contributed by atoms with Crippen LogP contribution in [0.3, 0.4) is 0 Å². The van der Waals surface area contributed by atoms with Gasteiger partial charge in [-0.2, -0.15) is 0 Å². The second kappa shape index (κ2) is 15.1. The molecule has 312 valence electrons. The lowest BCUT2D eigenvalue weighted by molar-refractivity contribution is -0.114. The van der Waals surface area contributed by atoms with Crippen LogP contribution in [0.5, 0.6) is 11.5 Å². The van der Waals surface area contributed by atoms with Gasteiger partial charge in [-0.05, 0) is 102 Å². The first kappa shape index (κ1) is 42.2. The van der Waals surface area contributed by atoms with Crippen molar-refractivity contribution in [2.45, 2.75) is 83.1 Å². The molecular weight excluding hydrogens is 769 g/mol. The van der Waals surface area contributed by atoms with Gasteiger partial charge in [0.25, 0.3) is 0 Å². The Morgan fingerprint density at radius 2 is 0.754 bits per heavy atom. The van der Waals surface area contributed by atoms with E-state index in [1.165, 1.54) is 0 Å². The van der Waals surface area contributed by atoms with Gasteiger partial charge in [0.05, 0.1) is 9.75 Å². The number of benzene rings is 4. The number of rotatable bonds is 4. The summed E-state index contributed by atoms with van der Waals surface area (Å²) in [6.07, 6.45) is 8.46. The Morgan fingerprint density at radius 1 is 0.443 bits per heavy atom. The monoisotopic (exact) mass is 826 g/mol. The van der Waals surface area contributed by atoms with Crippen LogP contribution in [0, 0.1) is 21.7 Å². The fourth-order valence-corrected chi connectivity index (χ4v) is 9.97. The van der Waals surface area contributed by atoms with E-state index in [1.54, 1.807) is 11.3 Å². The maximum atomic E-state index is 14.4. The summed E-state index contributed by atoms with van der Waals surface area (Å²) >= 11 is 1.66. The van der Waals surface area contributed by atoms with E-state index in [1.807, 2.05) is 0 Å². The Kier molecular flexibility index (Phi) is 10.5. The lowest BCUT2D eigenvalue weighted by atomic mass is 9.71. The summed E-state index contributed by atoms with van der Waals surface area (Å²) in [5, 5.41) is 4.55. The van der Waals surface area contributed by atoms with Gasteiger partial charge in [-0.3, -0.25) is 9.59 Å². The van der Waals surface area contributed by atoms with E-state index in [4.69, 9.17) is 9.47 Å². The lowest BCUT2D eigenvalue weighted by Gasteiger charge is -2.32. The van der Waals surface area contributed by atoms with E-state index in [9.17, 15) is 9.59 Å². The molecule has 0 radical (unpaired) electrons. The summed E-state index contributed by atoms with van der Waals surface area (Å²) < 4.78 is 13.5. The van der Waals surface area contributed by atoms with Crippen LogP contribution in [-0.2, 0) is 9.59 Å². The van der Waals surface area contributed by atoms with Crippen molar-refractivity contribution in [3.8, 4) is 11.5 Å². The van der Waals surface area contributed by atoms with Crippen molar-refractivity contribution in [3.05, 3.63) is 164 Å². The number of hydrogen-bond acceptors (Lipinski definition) is 5. The highest BCUT2D eigenvalue weighted by atomic mass is 32.1. The average molecular weight is 827 g/mol. The number of ether oxygens (including phenoxy) is 2. The Morgan fingerprint density at radius 3 is 1.07 bits per heavy atom. The molecule has 61 heavy (non-hydrogen) atoms. The number of Topliss-reactive ketones (excluding diaryl/α,β-unsaturated/α-hetero) is 2. The molecule has 0 fully saturated rings. The van der Waals surface area contributed by atoms with Crippen LogP contribution < -0.4 is 9.47 Å². The van der Waals surface area contributed by atoms with Crippen LogP contribution in [0.2, 0.25) is 0 Å². The zero-order valence-electron chi connectivity index (χ0n) is 37.8. The summed E-state index contributed by atoms with van der Waals surface area (Å²) in [5.41, 5.74) is 7.45. The number of carbonyl (C=O) groups is 2. The third-order valence-corrected chi connectivity index (χ3v) is 13.1. The summed E-state index contributed by atoms with van der Waals surface area (Å²) in [6.45, 7) is 26.2. The molecule has 2 aliphatic carbocycles. The van der Waals surface area contributed by atoms with Crippen molar-refractivity contribution in [1.82, 2.24) is 0 Å². The molecule has 8 rings (SSSR count). The van der Waals surface area contributed by atoms with Gasteiger partial charge in [0.15, 0.2) is 23.1 Å². The number of carbonyl (C=O) groups excluding carboxylic acids is 2. The van der Waals surface area contributed by atoms with Crippen LogP contribution >= 0.6 is 11.3 Å². The number of thiophene rings is 1. The second-order valence-corrected chi connectivity index (χ2v) is 21.8. The Hall–Kier alpha value is -5.52.